The van der Waals surface area contributed by atoms with E-state index in [2.05, 4.69) is 4.98 Å². The maximum atomic E-state index is 12.7. The highest BCUT2D eigenvalue weighted by atomic mass is 16.6. The fourth-order valence-corrected chi connectivity index (χ4v) is 2.60. The lowest BCUT2D eigenvalue weighted by molar-refractivity contribution is 0.0730. The highest BCUT2D eigenvalue weighted by Gasteiger charge is 2.16. The van der Waals surface area contributed by atoms with E-state index in [4.69, 9.17) is 9.47 Å². The molecule has 0 unspecified atom stereocenters. The zero-order valence-electron chi connectivity index (χ0n) is 14.0. The minimum atomic E-state index is -0.414. The van der Waals surface area contributed by atoms with Gasteiger partial charge in [-0.25, -0.2) is 4.79 Å². The molecule has 4 nitrogen and oxygen atoms in total. The van der Waals surface area contributed by atoms with E-state index in [1.807, 2.05) is 51.1 Å². The smallest absolute Gasteiger partial charge is 0.344 e. The molecule has 0 amide bonds. The second-order valence-corrected chi connectivity index (χ2v) is 5.60. The minimum Gasteiger partial charge on any atom is -0.490 e. The van der Waals surface area contributed by atoms with Gasteiger partial charge in [0.25, 0.3) is 0 Å². The number of aromatic nitrogens is 1. The third-order valence-electron chi connectivity index (χ3n) is 3.66. The lowest BCUT2D eigenvalue weighted by Crippen LogP contribution is -2.11. The number of carbonyl (C=O) groups is 1. The minimum absolute atomic E-state index is 0.414. The second kappa shape index (κ2) is 6.71. The lowest BCUT2D eigenvalue weighted by Gasteiger charge is -2.12. The van der Waals surface area contributed by atoms with Crippen LogP contribution in [0.15, 0.2) is 48.5 Å². The maximum absolute atomic E-state index is 12.7. The molecule has 0 bridgehead atoms. The summed E-state index contributed by atoms with van der Waals surface area (Å²) in [5.41, 5.74) is 3.13. The van der Waals surface area contributed by atoms with Crippen molar-refractivity contribution in [3.63, 3.8) is 0 Å². The normalized spacial score (nSPS) is 10.6. The van der Waals surface area contributed by atoms with Crippen LogP contribution in [0.3, 0.4) is 0 Å². The average Bonchev–Trinajstić information content (AvgIpc) is 2.56. The Hall–Kier alpha value is -2.88. The first-order valence-electron chi connectivity index (χ1n) is 7.90. The van der Waals surface area contributed by atoms with Crippen LogP contribution in [0.5, 0.6) is 11.5 Å². The van der Waals surface area contributed by atoms with Crippen molar-refractivity contribution in [2.75, 3.05) is 6.61 Å². The number of nitrogens with zero attached hydrogens (tertiary/aromatic N) is 1. The van der Waals surface area contributed by atoms with Gasteiger partial charge in [0.1, 0.15) is 0 Å². The first-order valence-corrected chi connectivity index (χ1v) is 7.90. The molecule has 0 N–H and O–H groups in total. The third-order valence-corrected chi connectivity index (χ3v) is 3.66. The lowest BCUT2D eigenvalue weighted by atomic mass is 10.1. The summed E-state index contributed by atoms with van der Waals surface area (Å²) >= 11 is 0. The molecule has 0 aliphatic rings. The molecule has 0 aliphatic heterocycles. The highest BCUT2D eigenvalue weighted by molar-refractivity contribution is 6.04. The summed E-state index contributed by atoms with van der Waals surface area (Å²) in [6.45, 7) is 6.25. The van der Waals surface area contributed by atoms with Crippen LogP contribution in [0.25, 0.3) is 10.9 Å². The fraction of sp³-hybridized carbons (Fsp3) is 0.200. The zero-order chi connectivity index (χ0) is 17.1. The van der Waals surface area contributed by atoms with Gasteiger partial charge >= 0.3 is 5.97 Å². The van der Waals surface area contributed by atoms with Crippen molar-refractivity contribution in [2.45, 2.75) is 20.8 Å². The quantitative estimate of drug-likeness (QED) is 0.525. The Balaban J connectivity index is 2.02. The van der Waals surface area contributed by atoms with Gasteiger partial charge in [-0.05, 0) is 51.1 Å². The molecule has 2 aromatic carbocycles. The van der Waals surface area contributed by atoms with Crippen molar-refractivity contribution in [3.8, 4) is 11.5 Å². The number of rotatable bonds is 4. The molecular formula is C20H19NO3. The Morgan fingerprint density at radius 2 is 1.79 bits per heavy atom. The van der Waals surface area contributed by atoms with E-state index in [9.17, 15) is 4.79 Å². The Kier molecular flexibility index (Phi) is 4.47. The van der Waals surface area contributed by atoms with Gasteiger partial charge in [-0.3, -0.25) is 4.98 Å². The van der Waals surface area contributed by atoms with Crippen molar-refractivity contribution in [1.29, 1.82) is 0 Å². The van der Waals surface area contributed by atoms with Crippen LogP contribution >= 0.6 is 0 Å². The van der Waals surface area contributed by atoms with Crippen LogP contribution in [0, 0.1) is 13.8 Å². The zero-order valence-corrected chi connectivity index (χ0v) is 14.0. The molecule has 3 rings (SSSR count). The largest absolute Gasteiger partial charge is 0.490 e. The van der Waals surface area contributed by atoms with E-state index in [1.54, 1.807) is 18.2 Å². The third kappa shape index (κ3) is 3.23. The number of para-hydroxylation sites is 2. The monoisotopic (exact) mass is 321 g/mol. The number of ether oxygens (including phenoxy) is 2. The number of hydrogen-bond donors (Lipinski definition) is 0. The number of esters is 1. The van der Waals surface area contributed by atoms with Crippen LogP contribution < -0.4 is 9.47 Å². The van der Waals surface area contributed by atoms with Crippen molar-refractivity contribution < 1.29 is 14.3 Å². The van der Waals surface area contributed by atoms with Crippen molar-refractivity contribution in [1.82, 2.24) is 4.98 Å². The van der Waals surface area contributed by atoms with E-state index in [0.29, 0.717) is 23.7 Å². The van der Waals surface area contributed by atoms with Crippen LogP contribution in [0.2, 0.25) is 0 Å². The van der Waals surface area contributed by atoms with Crippen LogP contribution in [-0.2, 0) is 0 Å². The fourth-order valence-electron chi connectivity index (χ4n) is 2.60. The molecule has 1 aromatic heterocycles. The SMILES string of the molecule is CCOc1ccccc1OC(=O)c1cc(C)nc2ccc(C)cc12. The number of carbonyl (C=O) groups excluding carboxylic acids is 1. The molecule has 0 saturated heterocycles. The molecule has 24 heavy (non-hydrogen) atoms. The number of aryl methyl sites for hydroxylation is 2. The van der Waals surface area contributed by atoms with E-state index < -0.39 is 5.97 Å². The topological polar surface area (TPSA) is 48.4 Å². The molecule has 4 heteroatoms. The molecule has 0 aliphatic carbocycles. The molecular weight excluding hydrogens is 302 g/mol. The van der Waals surface area contributed by atoms with Crippen LogP contribution in [-0.4, -0.2) is 17.6 Å². The summed E-state index contributed by atoms with van der Waals surface area (Å²) in [7, 11) is 0. The van der Waals surface area contributed by atoms with Gasteiger partial charge in [-0.15, -0.1) is 0 Å². The van der Waals surface area contributed by atoms with Gasteiger partial charge in [-0.2, -0.15) is 0 Å². The molecule has 0 fully saturated rings. The van der Waals surface area contributed by atoms with E-state index in [-0.39, 0.29) is 0 Å². The number of fused-ring (bicyclic) bond motifs is 1. The number of pyridine rings is 1. The second-order valence-electron chi connectivity index (χ2n) is 5.60. The van der Waals surface area contributed by atoms with Crippen molar-refractivity contribution in [3.05, 3.63) is 65.4 Å². The standard InChI is InChI=1S/C20H19NO3/c1-4-23-18-7-5-6-8-19(18)24-20(22)16-12-14(3)21-17-10-9-13(2)11-15(16)17/h5-12H,4H2,1-3H3. The van der Waals surface area contributed by atoms with Crippen LogP contribution in [0.4, 0.5) is 0 Å². The van der Waals surface area contributed by atoms with E-state index in [0.717, 1.165) is 22.2 Å². The summed E-state index contributed by atoms with van der Waals surface area (Å²) in [6, 6.07) is 14.8. The van der Waals surface area contributed by atoms with Crippen molar-refractivity contribution in [2.24, 2.45) is 0 Å². The summed E-state index contributed by atoms with van der Waals surface area (Å²) < 4.78 is 11.1. The Morgan fingerprint density at radius 1 is 1.04 bits per heavy atom. The molecule has 3 aromatic rings. The van der Waals surface area contributed by atoms with E-state index in [1.165, 1.54) is 0 Å². The Bertz CT molecular complexity index is 903. The molecule has 1 heterocycles. The molecule has 122 valence electrons. The summed E-state index contributed by atoms with van der Waals surface area (Å²) in [4.78, 5) is 17.2. The summed E-state index contributed by atoms with van der Waals surface area (Å²) in [5.74, 6) is 0.558. The molecule has 0 atom stereocenters. The Morgan fingerprint density at radius 3 is 2.54 bits per heavy atom. The van der Waals surface area contributed by atoms with Crippen LogP contribution in [0.1, 0.15) is 28.5 Å². The maximum Gasteiger partial charge on any atom is 0.344 e. The number of hydrogen-bond acceptors (Lipinski definition) is 4. The summed E-state index contributed by atoms with van der Waals surface area (Å²) in [6.07, 6.45) is 0. The first kappa shape index (κ1) is 16.0. The Labute approximate surface area is 141 Å². The highest BCUT2D eigenvalue weighted by Crippen LogP contribution is 2.28. The summed E-state index contributed by atoms with van der Waals surface area (Å²) in [5, 5.41) is 0.791. The van der Waals surface area contributed by atoms with Gasteiger partial charge in [0, 0.05) is 11.1 Å². The number of benzene rings is 2. The molecule has 0 radical (unpaired) electrons. The van der Waals surface area contributed by atoms with E-state index >= 15 is 0 Å². The van der Waals surface area contributed by atoms with Crippen molar-refractivity contribution >= 4 is 16.9 Å². The predicted molar refractivity (Wildman–Crippen MR) is 93.8 cm³/mol. The van der Waals surface area contributed by atoms with Gasteiger partial charge < -0.3 is 9.47 Å². The molecule has 0 spiro atoms. The molecule has 0 saturated carbocycles. The van der Waals surface area contributed by atoms with Gasteiger partial charge in [-0.1, -0.05) is 23.8 Å². The first-order chi connectivity index (χ1) is 11.6. The van der Waals surface area contributed by atoms with Gasteiger partial charge in [0.05, 0.1) is 17.7 Å². The predicted octanol–water partition coefficient (Wildman–Crippen LogP) is 4.47. The van der Waals surface area contributed by atoms with Gasteiger partial charge in [0.15, 0.2) is 11.5 Å². The average molecular weight is 321 g/mol. The van der Waals surface area contributed by atoms with Gasteiger partial charge in [0.2, 0.25) is 0 Å².